The Labute approximate surface area is 244 Å². The molecule has 5 heterocycles. The summed E-state index contributed by atoms with van der Waals surface area (Å²) in [5.41, 5.74) is 1.29. The molecule has 0 aliphatic carbocycles. The molecule has 4 saturated heterocycles. The number of imide groups is 2. The van der Waals surface area contributed by atoms with Crippen molar-refractivity contribution in [3.63, 3.8) is 0 Å². The lowest BCUT2D eigenvalue weighted by Crippen LogP contribution is -2.59. The first-order valence-corrected chi connectivity index (χ1v) is 15.0. The van der Waals surface area contributed by atoms with Gasteiger partial charge in [0.15, 0.2) is 0 Å². The zero-order valence-corrected chi connectivity index (χ0v) is 24.0. The summed E-state index contributed by atoms with van der Waals surface area (Å²) in [6.45, 7) is 6.67. The Hall–Kier alpha value is -3.96. The number of carbonyl (C=O) groups excluding carboxylic acids is 6. The predicted octanol–water partition coefficient (Wildman–Crippen LogP) is 1.77. The first-order valence-electron chi connectivity index (χ1n) is 15.0. The van der Waals surface area contributed by atoms with Gasteiger partial charge in [-0.1, -0.05) is 13.8 Å². The second-order valence-corrected chi connectivity index (χ2v) is 12.4. The Morgan fingerprint density at radius 1 is 0.929 bits per heavy atom. The molecule has 0 aromatic heterocycles. The zero-order chi connectivity index (χ0) is 29.7. The van der Waals surface area contributed by atoms with E-state index < -0.39 is 29.7 Å². The van der Waals surface area contributed by atoms with Gasteiger partial charge in [0.05, 0.1) is 17.7 Å². The van der Waals surface area contributed by atoms with Gasteiger partial charge in [-0.25, -0.2) is 4.79 Å². The summed E-state index contributed by atoms with van der Waals surface area (Å²) in [6, 6.07) is 4.17. The number of anilines is 1. The highest BCUT2D eigenvalue weighted by Gasteiger charge is 2.47. The Morgan fingerprint density at radius 2 is 1.60 bits per heavy atom. The van der Waals surface area contributed by atoms with E-state index in [4.69, 9.17) is 4.74 Å². The largest absolute Gasteiger partial charge is 0.449 e. The molecule has 0 saturated carbocycles. The number of piperidine rings is 2. The molecule has 5 aliphatic heterocycles. The average molecular weight is 580 g/mol. The van der Waals surface area contributed by atoms with Gasteiger partial charge in [-0.05, 0) is 56.2 Å². The normalized spacial score (nSPS) is 26.2. The van der Waals surface area contributed by atoms with Crippen LogP contribution in [0.4, 0.5) is 10.5 Å². The standard InChI is InChI=1S/C30H37N5O7/c1-17(2)16-42-30(41)33-14-20-3-4-21(15-33)34(20)27(38)18-9-11-32(12-10-18)19-5-6-22-23(13-19)29(40)35(28(22)39)24-7-8-25(36)31-26(24)37/h5-6,13,17-18,20-21,24H,3-4,7-12,14-16H2,1-2H3,(H,31,36,37). The van der Waals surface area contributed by atoms with Crippen molar-refractivity contribution >= 4 is 41.3 Å². The molecule has 0 spiro atoms. The number of hydrogen-bond acceptors (Lipinski definition) is 8. The van der Waals surface area contributed by atoms with Crippen LogP contribution in [0.1, 0.15) is 73.1 Å². The van der Waals surface area contributed by atoms with Crippen LogP contribution in [-0.4, -0.2) is 101 Å². The van der Waals surface area contributed by atoms with Gasteiger partial charge >= 0.3 is 6.09 Å². The number of rotatable bonds is 5. The third-order valence-electron chi connectivity index (χ3n) is 9.17. The van der Waals surface area contributed by atoms with Crippen molar-refractivity contribution in [2.24, 2.45) is 11.8 Å². The van der Waals surface area contributed by atoms with Gasteiger partial charge in [-0.3, -0.25) is 34.2 Å². The van der Waals surface area contributed by atoms with E-state index in [1.54, 1.807) is 23.1 Å². The molecule has 1 N–H and O–H groups in total. The fourth-order valence-corrected chi connectivity index (χ4v) is 6.99. The molecule has 6 amide bonds. The summed E-state index contributed by atoms with van der Waals surface area (Å²) >= 11 is 0. The molecule has 4 fully saturated rings. The quantitative estimate of drug-likeness (QED) is 0.522. The molecule has 5 aliphatic rings. The smallest absolute Gasteiger partial charge is 0.409 e. The van der Waals surface area contributed by atoms with Crippen LogP contribution in [-0.2, 0) is 19.1 Å². The molecule has 224 valence electrons. The van der Waals surface area contributed by atoms with Crippen LogP contribution in [0.5, 0.6) is 0 Å². The van der Waals surface area contributed by atoms with Crippen molar-refractivity contribution in [2.75, 3.05) is 37.7 Å². The molecule has 6 rings (SSSR count). The van der Waals surface area contributed by atoms with Gasteiger partial charge in [0.1, 0.15) is 6.04 Å². The SMILES string of the molecule is CC(C)COC(=O)N1CC2CCC(C1)N2C(=O)C1CCN(c2ccc3c(c2)C(=O)N(C2CCC(=O)NC2=O)C3=O)CC1. The lowest BCUT2D eigenvalue weighted by Gasteiger charge is -2.43. The minimum Gasteiger partial charge on any atom is -0.449 e. The van der Waals surface area contributed by atoms with Gasteiger partial charge in [0.25, 0.3) is 11.8 Å². The minimum atomic E-state index is -0.997. The number of nitrogens with one attached hydrogen (secondary N) is 1. The summed E-state index contributed by atoms with van der Waals surface area (Å²) < 4.78 is 5.42. The van der Waals surface area contributed by atoms with E-state index >= 15 is 0 Å². The topological polar surface area (TPSA) is 137 Å². The first-order chi connectivity index (χ1) is 20.1. The maximum absolute atomic E-state index is 13.6. The highest BCUT2D eigenvalue weighted by atomic mass is 16.6. The molecule has 3 unspecified atom stereocenters. The highest BCUT2D eigenvalue weighted by molar-refractivity contribution is 6.23. The van der Waals surface area contributed by atoms with Gasteiger partial charge in [-0.2, -0.15) is 0 Å². The molecular formula is C30H37N5O7. The van der Waals surface area contributed by atoms with E-state index in [-0.39, 0.29) is 59.9 Å². The lowest BCUT2D eigenvalue weighted by molar-refractivity contribution is -0.142. The summed E-state index contributed by atoms with van der Waals surface area (Å²) in [5.74, 6) is -1.77. The number of ether oxygens (including phenoxy) is 1. The summed E-state index contributed by atoms with van der Waals surface area (Å²) in [5, 5.41) is 2.21. The average Bonchev–Trinajstić information content (AvgIpc) is 3.38. The molecular weight excluding hydrogens is 542 g/mol. The number of carbonyl (C=O) groups is 6. The first kappa shape index (κ1) is 28.2. The molecule has 12 nitrogen and oxygen atoms in total. The number of piperazine rings is 1. The van der Waals surface area contributed by atoms with Crippen LogP contribution in [0.2, 0.25) is 0 Å². The van der Waals surface area contributed by atoms with Crippen molar-refractivity contribution in [3.05, 3.63) is 29.3 Å². The summed E-state index contributed by atoms with van der Waals surface area (Å²) in [6.07, 6.45) is 3.01. The Balaban J connectivity index is 1.06. The monoisotopic (exact) mass is 579 g/mol. The van der Waals surface area contributed by atoms with Crippen molar-refractivity contribution in [1.82, 2.24) is 20.0 Å². The van der Waals surface area contributed by atoms with E-state index in [0.717, 1.165) is 23.4 Å². The van der Waals surface area contributed by atoms with Crippen LogP contribution in [0, 0.1) is 11.8 Å². The number of benzene rings is 1. The van der Waals surface area contributed by atoms with Crippen molar-refractivity contribution in [2.45, 2.75) is 70.5 Å². The minimum absolute atomic E-state index is 0.0217. The number of fused-ring (bicyclic) bond motifs is 3. The maximum Gasteiger partial charge on any atom is 0.409 e. The number of amides is 6. The molecule has 12 heteroatoms. The van der Waals surface area contributed by atoms with E-state index in [1.165, 1.54) is 0 Å². The van der Waals surface area contributed by atoms with E-state index in [2.05, 4.69) is 10.2 Å². The predicted molar refractivity (Wildman–Crippen MR) is 149 cm³/mol. The zero-order valence-electron chi connectivity index (χ0n) is 24.0. The molecule has 3 atom stereocenters. The van der Waals surface area contributed by atoms with Gasteiger partial charge in [-0.15, -0.1) is 0 Å². The summed E-state index contributed by atoms with van der Waals surface area (Å²) in [7, 11) is 0. The molecule has 1 aromatic carbocycles. The number of likely N-dealkylation sites (tertiary alicyclic amines) is 1. The summed E-state index contributed by atoms with van der Waals surface area (Å²) in [4.78, 5) is 83.2. The second kappa shape index (κ2) is 11.0. The third kappa shape index (κ3) is 5.00. The van der Waals surface area contributed by atoms with E-state index in [9.17, 15) is 28.8 Å². The third-order valence-corrected chi connectivity index (χ3v) is 9.17. The van der Waals surface area contributed by atoms with Crippen LogP contribution in [0.15, 0.2) is 18.2 Å². The Kier molecular flexibility index (Phi) is 7.40. The number of nitrogens with zero attached hydrogens (tertiary/aromatic N) is 4. The van der Waals surface area contributed by atoms with Crippen molar-refractivity contribution in [3.8, 4) is 0 Å². The van der Waals surface area contributed by atoms with Crippen molar-refractivity contribution in [1.29, 1.82) is 0 Å². The van der Waals surface area contributed by atoms with Crippen LogP contribution < -0.4 is 10.2 Å². The fourth-order valence-electron chi connectivity index (χ4n) is 6.99. The van der Waals surface area contributed by atoms with Gasteiger partial charge in [0.2, 0.25) is 17.7 Å². The van der Waals surface area contributed by atoms with Gasteiger partial charge < -0.3 is 19.4 Å². The molecule has 2 bridgehead atoms. The molecule has 42 heavy (non-hydrogen) atoms. The van der Waals surface area contributed by atoms with Crippen LogP contribution in [0.25, 0.3) is 0 Å². The lowest BCUT2D eigenvalue weighted by atomic mass is 9.93. The van der Waals surface area contributed by atoms with Crippen LogP contribution >= 0.6 is 0 Å². The molecule has 0 radical (unpaired) electrons. The van der Waals surface area contributed by atoms with Gasteiger partial charge in [0, 0.05) is 56.3 Å². The fraction of sp³-hybridized carbons (Fsp3) is 0.600. The second-order valence-electron chi connectivity index (χ2n) is 12.4. The van der Waals surface area contributed by atoms with E-state index in [0.29, 0.717) is 45.6 Å². The number of hydrogen-bond donors (Lipinski definition) is 1. The van der Waals surface area contributed by atoms with Crippen LogP contribution in [0.3, 0.4) is 0 Å². The van der Waals surface area contributed by atoms with Crippen molar-refractivity contribution < 1.29 is 33.5 Å². The Morgan fingerprint density at radius 3 is 2.24 bits per heavy atom. The van der Waals surface area contributed by atoms with E-state index in [1.807, 2.05) is 18.7 Å². The maximum atomic E-state index is 13.6. The highest BCUT2D eigenvalue weighted by Crippen LogP contribution is 2.36. The molecule has 1 aromatic rings. The Bertz CT molecular complexity index is 1320.